The summed E-state index contributed by atoms with van der Waals surface area (Å²) in [6.45, 7) is 2.64. The third-order valence-electron chi connectivity index (χ3n) is 2.07. The van der Waals surface area contributed by atoms with Gasteiger partial charge in [0.1, 0.15) is 0 Å². The molecule has 4 nitrogen and oxygen atoms in total. The Morgan fingerprint density at radius 3 is 2.46 bits per heavy atom. The van der Waals surface area contributed by atoms with Crippen LogP contribution < -0.4 is 0 Å². The smallest absolute Gasteiger partial charge is 0.396 e. The minimum absolute atomic E-state index is 0.284. The first kappa shape index (κ1) is 10.0. The van der Waals surface area contributed by atoms with Crippen molar-refractivity contribution in [1.29, 1.82) is 0 Å². The Morgan fingerprint density at radius 2 is 2.08 bits per heavy atom. The second-order valence-corrected chi connectivity index (χ2v) is 3.22. The fourth-order valence-electron chi connectivity index (χ4n) is 1.28. The topological polar surface area (TPSA) is 46.6 Å². The number of esters is 1. The van der Waals surface area contributed by atoms with Crippen LogP contribution in [0.25, 0.3) is 0 Å². The molecule has 1 rings (SSSR count). The van der Waals surface area contributed by atoms with Gasteiger partial charge in [-0.15, -0.1) is 0 Å². The van der Waals surface area contributed by atoms with Crippen LogP contribution in [-0.2, 0) is 14.3 Å². The number of hydrogen-bond acceptors (Lipinski definition) is 3. The third kappa shape index (κ3) is 2.44. The van der Waals surface area contributed by atoms with Crippen molar-refractivity contribution in [3.05, 3.63) is 0 Å². The van der Waals surface area contributed by atoms with Crippen LogP contribution in [0.5, 0.6) is 0 Å². The molecule has 0 aliphatic heterocycles. The predicted octanol–water partition coefficient (Wildman–Crippen LogP) is 0.560. The Bertz CT molecular complexity index is 211. The molecule has 1 fully saturated rings. The lowest BCUT2D eigenvalue weighted by Gasteiger charge is -2.19. The molecule has 0 aromatic rings. The van der Waals surface area contributed by atoms with E-state index < -0.39 is 11.9 Å². The summed E-state index contributed by atoms with van der Waals surface area (Å²) in [5.41, 5.74) is 0. The van der Waals surface area contributed by atoms with E-state index in [9.17, 15) is 9.59 Å². The van der Waals surface area contributed by atoms with Crippen LogP contribution in [0.15, 0.2) is 0 Å². The molecule has 0 radical (unpaired) electrons. The van der Waals surface area contributed by atoms with Crippen molar-refractivity contribution < 1.29 is 14.3 Å². The van der Waals surface area contributed by atoms with E-state index in [2.05, 4.69) is 4.74 Å². The fraction of sp³-hybridized carbons (Fsp3) is 0.778. The van der Waals surface area contributed by atoms with Crippen LogP contribution in [0.2, 0.25) is 0 Å². The summed E-state index contributed by atoms with van der Waals surface area (Å²) in [6.07, 6.45) is 2.91. The van der Waals surface area contributed by atoms with Gasteiger partial charge in [-0.3, -0.25) is 4.79 Å². The van der Waals surface area contributed by atoms with Crippen molar-refractivity contribution in [3.63, 3.8) is 0 Å². The zero-order valence-electron chi connectivity index (χ0n) is 8.08. The van der Waals surface area contributed by atoms with Crippen molar-refractivity contribution >= 4 is 11.9 Å². The number of amides is 1. The lowest BCUT2D eigenvalue weighted by Crippen LogP contribution is -2.39. The first-order valence-corrected chi connectivity index (χ1v) is 4.59. The molecule has 1 aliphatic rings. The van der Waals surface area contributed by atoms with Gasteiger partial charge in [-0.2, -0.15) is 0 Å². The minimum atomic E-state index is -0.750. The first-order valence-electron chi connectivity index (χ1n) is 4.59. The van der Waals surface area contributed by atoms with E-state index in [0.29, 0.717) is 6.54 Å². The van der Waals surface area contributed by atoms with E-state index >= 15 is 0 Å². The van der Waals surface area contributed by atoms with Gasteiger partial charge in [0, 0.05) is 12.6 Å². The standard InChI is InChI=1S/C9H15NO3/c1-3-6-10(7-4-5-7)8(11)9(12)13-2/h7H,3-6H2,1-2H3. The van der Waals surface area contributed by atoms with E-state index in [1.54, 1.807) is 4.90 Å². The summed E-state index contributed by atoms with van der Waals surface area (Å²) < 4.78 is 4.39. The highest BCUT2D eigenvalue weighted by Crippen LogP contribution is 2.27. The summed E-state index contributed by atoms with van der Waals surface area (Å²) in [5.74, 6) is -1.24. The normalized spacial score (nSPS) is 15.2. The average molecular weight is 185 g/mol. The molecule has 0 saturated heterocycles. The number of rotatable bonds is 3. The van der Waals surface area contributed by atoms with Gasteiger partial charge in [0.25, 0.3) is 0 Å². The van der Waals surface area contributed by atoms with Gasteiger partial charge in [-0.1, -0.05) is 6.92 Å². The summed E-state index contributed by atoms with van der Waals surface area (Å²) in [4.78, 5) is 24.0. The summed E-state index contributed by atoms with van der Waals surface area (Å²) >= 11 is 0. The molecule has 0 aromatic carbocycles. The van der Waals surface area contributed by atoms with E-state index in [1.165, 1.54) is 7.11 Å². The molecule has 0 spiro atoms. The first-order chi connectivity index (χ1) is 6.20. The summed E-state index contributed by atoms with van der Waals surface area (Å²) in [7, 11) is 1.23. The fourth-order valence-corrected chi connectivity index (χ4v) is 1.28. The quantitative estimate of drug-likeness (QED) is 0.477. The second-order valence-electron chi connectivity index (χ2n) is 3.22. The van der Waals surface area contributed by atoms with Crippen molar-refractivity contribution in [2.75, 3.05) is 13.7 Å². The molecule has 1 saturated carbocycles. The molecule has 0 N–H and O–H groups in total. The second kappa shape index (κ2) is 4.25. The van der Waals surface area contributed by atoms with E-state index in [-0.39, 0.29) is 6.04 Å². The minimum Gasteiger partial charge on any atom is -0.462 e. The van der Waals surface area contributed by atoms with Crippen LogP contribution in [-0.4, -0.2) is 36.5 Å². The van der Waals surface area contributed by atoms with Crippen molar-refractivity contribution in [3.8, 4) is 0 Å². The highest BCUT2D eigenvalue weighted by atomic mass is 16.5. The molecule has 0 atom stereocenters. The van der Waals surface area contributed by atoms with Gasteiger partial charge >= 0.3 is 11.9 Å². The van der Waals surface area contributed by atoms with Crippen LogP contribution in [0, 0.1) is 0 Å². The predicted molar refractivity (Wildman–Crippen MR) is 47.0 cm³/mol. The van der Waals surface area contributed by atoms with Gasteiger partial charge < -0.3 is 9.64 Å². The average Bonchev–Trinajstić information content (AvgIpc) is 2.95. The molecule has 74 valence electrons. The maximum absolute atomic E-state index is 11.4. The lowest BCUT2D eigenvalue weighted by atomic mass is 10.3. The van der Waals surface area contributed by atoms with E-state index in [0.717, 1.165) is 19.3 Å². The lowest BCUT2D eigenvalue weighted by molar-refractivity contribution is -0.158. The zero-order valence-corrected chi connectivity index (χ0v) is 8.08. The van der Waals surface area contributed by atoms with E-state index in [4.69, 9.17) is 0 Å². The highest BCUT2D eigenvalue weighted by molar-refractivity contribution is 6.32. The molecule has 0 bridgehead atoms. The summed E-state index contributed by atoms with van der Waals surface area (Å²) in [5, 5.41) is 0. The number of methoxy groups -OCH3 is 1. The molecule has 13 heavy (non-hydrogen) atoms. The van der Waals surface area contributed by atoms with Gasteiger partial charge in [0.2, 0.25) is 0 Å². The van der Waals surface area contributed by atoms with Crippen LogP contribution in [0.4, 0.5) is 0 Å². The number of nitrogens with zero attached hydrogens (tertiary/aromatic N) is 1. The molecule has 0 aromatic heterocycles. The Hall–Kier alpha value is -1.06. The van der Waals surface area contributed by atoms with Crippen LogP contribution >= 0.6 is 0 Å². The van der Waals surface area contributed by atoms with Gasteiger partial charge in [0.15, 0.2) is 0 Å². The molecule has 4 heteroatoms. The molecule has 1 amide bonds. The Morgan fingerprint density at radius 1 is 1.46 bits per heavy atom. The Kier molecular flexibility index (Phi) is 3.28. The molecule has 0 unspecified atom stereocenters. The number of hydrogen-bond donors (Lipinski definition) is 0. The highest BCUT2D eigenvalue weighted by Gasteiger charge is 2.35. The molecular formula is C9H15NO3. The Labute approximate surface area is 77.8 Å². The number of ether oxygens (including phenoxy) is 1. The van der Waals surface area contributed by atoms with Crippen molar-refractivity contribution in [1.82, 2.24) is 4.90 Å². The molecule has 1 aliphatic carbocycles. The van der Waals surface area contributed by atoms with Gasteiger partial charge in [-0.05, 0) is 19.3 Å². The monoisotopic (exact) mass is 185 g/mol. The largest absolute Gasteiger partial charge is 0.462 e. The maximum atomic E-state index is 11.4. The Balaban J connectivity index is 2.52. The number of carbonyl (C=O) groups is 2. The van der Waals surface area contributed by atoms with E-state index in [1.807, 2.05) is 6.92 Å². The van der Waals surface area contributed by atoms with Crippen molar-refractivity contribution in [2.24, 2.45) is 0 Å². The van der Waals surface area contributed by atoms with Gasteiger partial charge in [0.05, 0.1) is 7.11 Å². The summed E-state index contributed by atoms with van der Waals surface area (Å²) in [6, 6.07) is 0.284. The van der Waals surface area contributed by atoms with Crippen LogP contribution in [0.3, 0.4) is 0 Å². The van der Waals surface area contributed by atoms with Crippen molar-refractivity contribution in [2.45, 2.75) is 32.2 Å². The SMILES string of the molecule is CCCN(C(=O)C(=O)OC)C1CC1. The molecular weight excluding hydrogens is 170 g/mol. The molecule has 0 heterocycles. The number of carbonyl (C=O) groups excluding carboxylic acids is 2. The third-order valence-corrected chi connectivity index (χ3v) is 2.07. The zero-order chi connectivity index (χ0) is 9.84. The maximum Gasteiger partial charge on any atom is 0.396 e. The van der Waals surface area contributed by atoms with Crippen LogP contribution in [0.1, 0.15) is 26.2 Å². The van der Waals surface area contributed by atoms with Gasteiger partial charge in [-0.25, -0.2) is 4.79 Å².